The van der Waals surface area contributed by atoms with E-state index in [-0.39, 0.29) is 44.2 Å². The molecule has 1 fully saturated rings. The Bertz CT molecular complexity index is 289. The molecule has 0 aliphatic carbocycles. The van der Waals surface area contributed by atoms with E-state index in [1.165, 1.54) is 57.2 Å². The minimum absolute atomic E-state index is 0. The van der Waals surface area contributed by atoms with Gasteiger partial charge in [0.2, 0.25) is 0 Å². The van der Waals surface area contributed by atoms with Gasteiger partial charge in [-0.2, -0.15) is 0 Å². The average molecular weight is 319 g/mol. The van der Waals surface area contributed by atoms with Crippen LogP contribution in [-0.2, 0) is 6.42 Å². The number of unbranched alkanes of at least 4 members (excludes halogenated alkanes) is 2. The van der Waals surface area contributed by atoms with Gasteiger partial charge in [0, 0.05) is 13.2 Å². The molecule has 22 heavy (non-hydrogen) atoms. The van der Waals surface area contributed by atoms with Crippen molar-refractivity contribution in [1.82, 2.24) is 5.32 Å². The largest absolute Gasteiger partial charge is 1.00 e. The molecule has 0 amide bonds. The third-order valence-electron chi connectivity index (χ3n) is 3.19. The normalized spacial score (nSPS) is 12.3. The Balaban J connectivity index is -0.000000283. The van der Waals surface area contributed by atoms with E-state index in [0.717, 1.165) is 0 Å². The van der Waals surface area contributed by atoms with Gasteiger partial charge in [-0.1, -0.05) is 50.1 Å². The Morgan fingerprint density at radius 2 is 1.55 bits per heavy atom. The molecule has 1 aliphatic heterocycles. The summed E-state index contributed by atoms with van der Waals surface area (Å²) in [6.07, 6.45) is 8.52. The van der Waals surface area contributed by atoms with Crippen molar-refractivity contribution in [2.45, 2.75) is 51.9 Å². The first-order valence-corrected chi connectivity index (χ1v) is 8.31. The van der Waals surface area contributed by atoms with Gasteiger partial charge in [0.05, 0.1) is 0 Å². The number of benzene rings is 1. The molecular formula is C18H34NNaO2. The van der Waals surface area contributed by atoms with Crippen LogP contribution < -0.4 is 34.9 Å². The Morgan fingerprint density at radius 3 is 1.91 bits per heavy atom. The second-order valence-corrected chi connectivity index (χ2v) is 5.20. The monoisotopic (exact) mass is 319 g/mol. The maximum atomic E-state index is 7.91. The minimum Gasteiger partial charge on any atom is -1.00 e. The first-order chi connectivity index (χ1) is 10.3. The zero-order valence-electron chi connectivity index (χ0n) is 15.6. The van der Waals surface area contributed by atoms with Crippen molar-refractivity contribution in [3.05, 3.63) is 35.9 Å². The zero-order chi connectivity index (χ0) is 15.6. The van der Waals surface area contributed by atoms with Crippen molar-refractivity contribution in [2.24, 2.45) is 0 Å². The topological polar surface area (TPSA) is 52.5 Å². The summed E-state index contributed by atoms with van der Waals surface area (Å²) in [4.78, 5) is 0. The molecule has 0 unspecified atom stereocenters. The molecule has 124 valence electrons. The van der Waals surface area contributed by atoms with Crippen molar-refractivity contribution >= 4 is 0 Å². The summed E-state index contributed by atoms with van der Waals surface area (Å²) in [7, 11) is 0. The SMILES string of the molecule is C1CCNC1.CCCCCc1ccccc1.OCCCO.[H-].[Na+]. The molecule has 0 aromatic heterocycles. The zero-order valence-corrected chi connectivity index (χ0v) is 16.6. The van der Waals surface area contributed by atoms with E-state index in [1.807, 2.05) is 0 Å². The Hall–Kier alpha value is 0.1000. The Labute approximate surface area is 160 Å². The van der Waals surface area contributed by atoms with Crippen molar-refractivity contribution in [1.29, 1.82) is 0 Å². The van der Waals surface area contributed by atoms with Gasteiger partial charge in [0.1, 0.15) is 0 Å². The second-order valence-electron chi connectivity index (χ2n) is 5.20. The molecule has 3 N–H and O–H groups in total. The average Bonchev–Trinajstić information content (AvgIpc) is 3.10. The van der Waals surface area contributed by atoms with Crippen molar-refractivity contribution in [3.63, 3.8) is 0 Å². The van der Waals surface area contributed by atoms with Crippen molar-refractivity contribution < 1.29 is 41.2 Å². The molecule has 1 aromatic rings. The fourth-order valence-corrected chi connectivity index (χ4v) is 1.92. The van der Waals surface area contributed by atoms with Crippen LogP contribution in [0.1, 0.15) is 52.4 Å². The molecule has 1 saturated heterocycles. The molecule has 0 spiro atoms. The molecule has 0 bridgehead atoms. The summed E-state index contributed by atoms with van der Waals surface area (Å²) in [5.41, 5.74) is 1.47. The Morgan fingerprint density at radius 1 is 0.955 bits per heavy atom. The quantitative estimate of drug-likeness (QED) is 0.521. The van der Waals surface area contributed by atoms with Gasteiger partial charge in [-0.25, -0.2) is 0 Å². The van der Waals surface area contributed by atoms with Gasteiger partial charge >= 0.3 is 29.6 Å². The van der Waals surface area contributed by atoms with Gasteiger partial charge in [-0.15, -0.1) is 0 Å². The summed E-state index contributed by atoms with van der Waals surface area (Å²) in [6, 6.07) is 10.7. The van der Waals surface area contributed by atoms with Gasteiger partial charge in [0.15, 0.2) is 0 Å². The number of aliphatic hydroxyl groups is 2. The third kappa shape index (κ3) is 18.1. The van der Waals surface area contributed by atoms with E-state index in [1.54, 1.807) is 0 Å². The predicted octanol–water partition coefficient (Wildman–Crippen LogP) is 0.267. The summed E-state index contributed by atoms with van der Waals surface area (Å²) in [6.45, 7) is 4.93. The summed E-state index contributed by atoms with van der Waals surface area (Å²) >= 11 is 0. The maximum absolute atomic E-state index is 7.91. The minimum atomic E-state index is 0. The first kappa shape index (κ1) is 24.4. The van der Waals surface area contributed by atoms with Gasteiger partial charge in [0.25, 0.3) is 0 Å². The predicted molar refractivity (Wildman–Crippen MR) is 91.7 cm³/mol. The smallest absolute Gasteiger partial charge is 1.00 e. The summed E-state index contributed by atoms with van der Waals surface area (Å²) < 4.78 is 0. The maximum Gasteiger partial charge on any atom is 1.00 e. The Kier molecular flexibility index (Phi) is 23.4. The van der Waals surface area contributed by atoms with Crippen LogP contribution in [0.3, 0.4) is 0 Å². The molecule has 1 heterocycles. The first-order valence-electron chi connectivity index (χ1n) is 8.31. The molecule has 3 nitrogen and oxygen atoms in total. The van der Waals surface area contributed by atoms with Gasteiger partial charge in [-0.05, 0) is 50.8 Å². The molecule has 1 aliphatic rings. The van der Waals surface area contributed by atoms with Crippen LogP contribution in [0.25, 0.3) is 0 Å². The van der Waals surface area contributed by atoms with Crippen LogP contribution in [-0.4, -0.2) is 36.5 Å². The molecular weight excluding hydrogens is 285 g/mol. The molecule has 0 radical (unpaired) electrons. The van der Waals surface area contributed by atoms with Gasteiger partial charge in [-0.3, -0.25) is 0 Å². The van der Waals surface area contributed by atoms with Crippen LogP contribution in [0.5, 0.6) is 0 Å². The molecule has 0 atom stereocenters. The van der Waals surface area contributed by atoms with Gasteiger partial charge < -0.3 is 17.0 Å². The van der Waals surface area contributed by atoms with Crippen LogP contribution in [0.15, 0.2) is 30.3 Å². The van der Waals surface area contributed by atoms with E-state index in [0.29, 0.717) is 6.42 Å². The van der Waals surface area contributed by atoms with Crippen LogP contribution in [0.2, 0.25) is 0 Å². The fourth-order valence-electron chi connectivity index (χ4n) is 1.92. The summed E-state index contributed by atoms with van der Waals surface area (Å²) in [5, 5.41) is 19.0. The number of hydrogen-bond donors (Lipinski definition) is 3. The number of rotatable bonds is 6. The standard InChI is InChI=1S/C11H16.C4H9N.C3H8O2.Na.H/c1-2-3-5-8-11-9-6-4-7-10-11;1-2-4-5-3-1;4-2-1-3-5;;/h4,6-7,9-10H,2-3,5,8H2,1H3;5H,1-4H2;4-5H,1-3H2;;/q;;;+1;-1. The third-order valence-corrected chi connectivity index (χ3v) is 3.19. The summed E-state index contributed by atoms with van der Waals surface area (Å²) in [5.74, 6) is 0. The number of aryl methyl sites for hydroxylation is 1. The van der Waals surface area contributed by atoms with E-state index in [2.05, 4.69) is 42.6 Å². The van der Waals surface area contributed by atoms with Crippen LogP contribution in [0, 0.1) is 0 Å². The van der Waals surface area contributed by atoms with Crippen LogP contribution >= 0.6 is 0 Å². The molecule has 2 rings (SSSR count). The molecule has 4 heteroatoms. The number of aliphatic hydroxyl groups excluding tert-OH is 2. The van der Waals surface area contributed by atoms with E-state index in [4.69, 9.17) is 10.2 Å². The second kappa shape index (κ2) is 21.1. The van der Waals surface area contributed by atoms with E-state index >= 15 is 0 Å². The van der Waals surface area contributed by atoms with E-state index < -0.39 is 0 Å². The van der Waals surface area contributed by atoms with Crippen molar-refractivity contribution in [3.8, 4) is 0 Å². The van der Waals surface area contributed by atoms with E-state index in [9.17, 15) is 0 Å². The van der Waals surface area contributed by atoms with Crippen LogP contribution in [0.4, 0.5) is 0 Å². The number of nitrogens with one attached hydrogen (secondary N) is 1. The van der Waals surface area contributed by atoms with Crippen molar-refractivity contribution in [2.75, 3.05) is 26.3 Å². The molecule has 1 aromatic carbocycles. The number of hydrogen-bond acceptors (Lipinski definition) is 3. The fraction of sp³-hybridized carbons (Fsp3) is 0.667. The molecule has 0 saturated carbocycles.